The van der Waals surface area contributed by atoms with Gasteiger partial charge in [-0.2, -0.15) is 0 Å². The number of benzene rings is 1. The molecule has 128 valence electrons. The van der Waals surface area contributed by atoms with Crippen LogP contribution in [0.1, 0.15) is 17.0 Å². The minimum Gasteiger partial charge on any atom is -0.476 e. The van der Waals surface area contributed by atoms with Crippen molar-refractivity contribution in [1.29, 1.82) is 0 Å². The second-order valence-electron chi connectivity index (χ2n) is 5.42. The molecule has 0 spiro atoms. The Morgan fingerprint density at radius 3 is 2.52 bits per heavy atom. The van der Waals surface area contributed by atoms with Crippen LogP contribution in [0, 0.1) is 24.0 Å². The van der Waals surface area contributed by atoms with Crippen molar-refractivity contribution in [2.75, 3.05) is 6.61 Å². The highest BCUT2D eigenvalue weighted by Crippen LogP contribution is 2.27. The van der Waals surface area contributed by atoms with Gasteiger partial charge in [-0.3, -0.25) is 10.1 Å². The van der Waals surface area contributed by atoms with Crippen LogP contribution < -0.4 is 4.74 Å². The first kappa shape index (κ1) is 16.6. The molecule has 0 N–H and O–H groups in total. The maximum Gasteiger partial charge on any atom is 0.269 e. The molecule has 0 saturated carbocycles. The number of aromatic nitrogens is 3. The lowest BCUT2D eigenvalue weighted by molar-refractivity contribution is -0.384. The summed E-state index contributed by atoms with van der Waals surface area (Å²) in [5.41, 5.74) is 3.12. The summed E-state index contributed by atoms with van der Waals surface area (Å²) < 4.78 is 10.9. The smallest absolute Gasteiger partial charge is 0.269 e. The van der Waals surface area contributed by atoms with Crippen molar-refractivity contribution < 1.29 is 14.2 Å². The molecule has 8 nitrogen and oxygen atoms in total. The molecule has 0 bridgehead atoms. The maximum absolute atomic E-state index is 10.8. The Morgan fingerprint density at radius 1 is 1.16 bits per heavy atom. The van der Waals surface area contributed by atoms with Crippen LogP contribution in [0.3, 0.4) is 0 Å². The Morgan fingerprint density at radius 2 is 1.88 bits per heavy atom. The van der Waals surface area contributed by atoms with E-state index in [0.717, 1.165) is 17.0 Å². The molecule has 0 aliphatic rings. The van der Waals surface area contributed by atoms with Gasteiger partial charge in [0.05, 0.1) is 17.2 Å². The van der Waals surface area contributed by atoms with E-state index >= 15 is 0 Å². The van der Waals surface area contributed by atoms with Crippen molar-refractivity contribution >= 4 is 5.69 Å². The number of nitro groups is 1. The van der Waals surface area contributed by atoms with Gasteiger partial charge in [-0.05, 0) is 26.0 Å². The van der Waals surface area contributed by atoms with Crippen molar-refractivity contribution in [1.82, 2.24) is 15.1 Å². The Hall–Kier alpha value is -3.29. The summed E-state index contributed by atoms with van der Waals surface area (Å²) in [6.45, 7) is 4.14. The van der Waals surface area contributed by atoms with Crippen LogP contribution in [0.25, 0.3) is 11.3 Å². The van der Waals surface area contributed by atoms with Crippen molar-refractivity contribution in [2.45, 2.75) is 20.3 Å². The van der Waals surface area contributed by atoms with Gasteiger partial charge in [0.25, 0.3) is 5.69 Å². The monoisotopic (exact) mass is 340 g/mol. The van der Waals surface area contributed by atoms with E-state index < -0.39 is 4.92 Å². The molecule has 0 radical (unpaired) electrons. The molecular weight excluding hydrogens is 324 g/mol. The summed E-state index contributed by atoms with van der Waals surface area (Å²) in [5.74, 6) is 1.15. The number of nitrogens with zero attached hydrogens (tertiary/aromatic N) is 4. The minimum absolute atomic E-state index is 0.0218. The molecule has 0 fully saturated rings. The van der Waals surface area contributed by atoms with Crippen LogP contribution in [0.4, 0.5) is 5.69 Å². The van der Waals surface area contributed by atoms with E-state index in [2.05, 4.69) is 15.1 Å². The number of aryl methyl sites for hydroxylation is 2. The molecule has 25 heavy (non-hydrogen) atoms. The predicted molar refractivity (Wildman–Crippen MR) is 89.3 cm³/mol. The quantitative estimate of drug-likeness (QED) is 0.501. The molecule has 0 aliphatic heterocycles. The first-order valence-corrected chi connectivity index (χ1v) is 7.66. The molecule has 0 atom stereocenters. The van der Waals surface area contributed by atoms with Crippen LogP contribution in [0.2, 0.25) is 0 Å². The standard InChI is InChI=1S/C17H16N4O4/c1-11-15(12(2)25-20-11)7-10-24-17-16(18-8-9-19-17)13-3-5-14(6-4-13)21(22)23/h3-6,8-9H,7,10H2,1-2H3. The number of hydrogen-bond acceptors (Lipinski definition) is 7. The molecule has 0 amide bonds. The first-order chi connectivity index (χ1) is 12.1. The molecule has 0 aliphatic carbocycles. The van der Waals surface area contributed by atoms with Crippen LogP contribution >= 0.6 is 0 Å². The van der Waals surface area contributed by atoms with Gasteiger partial charge in [-0.15, -0.1) is 0 Å². The van der Waals surface area contributed by atoms with Gasteiger partial charge in [0.1, 0.15) is 11.5 Å². The number of nitro benzene ring substituents is 1. The number of non-ortho nitro benzene ring substituents is 1. The zero-order chi connectivity index (χ0) is 17.8. The fraction of sp³-hybridized carbons (Fsp3) is 0.235. The van der Waals surface area contributed by atoms with Gasteiger partial charge in [0, 0.05) is 42.1 Å². The van der Waals surface area contributed by atoms with E-state index in [1.807, 2.05) is 13.8 Å². The van der Waals surface area contributed by atoms with E-state index in [0.29, 0.717) is 30.2 Å². The summed E-state index contributed by atoms with van der Waals surface area (Å²) in [4.78, 5) is 18.8. The molecule has 1 aromatic carbocycles. The third kappa shape index (κ3) is 3.63. The Kier molecular flexibility index (Phi) is 4.69. The Labute approximate surface area is 143 Å². The number of rotatable bonds is 6. The molecule has 0 saturated heterocycles. The van der Waals surface area contributed by atoms with E-state index in [1.54, 1.807) is 24.5 Å². The summed E-state index contributed by atoms with van der Waals surface area (Å²) in [5, 5.41) is 14.7. The van der Waals surface area contributed by atoms with Crippen LogP contribution in [-0.2, 0) is 6.42 Å². The third-order valence-electron chi connectivity index (χ3n) is 3.79. The van der Waals surface area contributed by atoms with Gasteiger partial charge in [-0.25, -0.2) is 9.97 Å². The molecule has 2 aromatic heterocycles. The largest absolute Gasteiger partial charge is 0.476 e. The summed E-state index contributed by atoms with van der Waals surface area (Å²) >= 11 is 0. The van der Waals surface area contributed by atoms with Crippen molar-refractivity contribution in [3.05, 3.63) is 63.8 Å². The van der Waals surface area contributed by atoms with Crippen LogP contribution in [0.15, 0.2) is 41.2 Å². The van der Waals surface area contributed by atoms with E-state index in [9.17, 15) is 10.1 Å². The number of ether oxygens (including phenoxy) is 1. The van der Waals surface area contributed by atoms with Crippen molar-refractivity contribution in [3.63, 3.8) is 0 Å². The summed E-state index contributed by atoms with van der Waals surface area (Å²) in [6.07, 6.45) is 3.73. The normalized spacial score (nSPS) is 10.6. The zero-order valence-corrected chi connectivity index (χ0v) is 13.8. The summed E-state index contributed by atoms with van der Waals surface area (Å²) in [6, 6.07) is 6.11. The lowest BCUT2D eigenvalue weighted by Crippen LogP contribution is -2.05. The average Bonchev–Trinajstić information content (AvgIpc) is 2.94. The molecule has 2 heterocycles. The SMILES string of the molecule is Cc1noc(C)c1CCOc1nccnc1-c1ccc([N+](=O)[O-])cc1. The second-order valence-corrected chi connectivity index (χ2v) is 5.42. The molecule has 3 aromatic rings. The average molecular weight is 340 g/mol. The molecule has 3 rings (SSSR count). The minimum atomic E-state index is -0.443. The zero-order valence-electron chi connectivity index (χ0n) is 13.8. The van der Waals surface area contributed by atoms with Gasteiger partial charge in [0.2, 0.25) is 5.88 Å². The van der Waals surface area contributed by atoms with Gasteiger partial charge >= 0.3 is 0 Å². The Bertz CT molecular complexity index is 870. The summed E-state index contributed by atoms with van der Waals surface area (Å²) in [7, 11) is 0. The fourth-order valence-electron chi connectivity index (χ4n) is 2.48. The van der Waals surface area contributed by atoms with Gasteiger partial charge < -0.3 is 9.26 Å². The van der Waals surface area contributed by atoms with E-state index in [1.165, 1.54) is 12.1 Å². The van der Waals surface area contributed by atoms with Crippen LogP contribution in [0.5, 0.6) is 5.88 Å². The van der Waals surface area contributed by atoms with Crippen molar-refractivity contribution in [2.24, 2.45) is 0 Å². The van der Waals surface area contributed by atoms with Crippen LogP contribution in [-0.4, -0.2) is 26.7 Å². The highest BCUT2D eigenvalue weighted by Gasteiger charge is 2.13. The highest BCUT2D eigenvalue weighted by atomic mass is 16.6. The predicted octanol–water partition coefficient (Wildman–Crippen LogP) is 3.28. The lowest BCUT2D eigenvalue weighted by Gasteiger charge is -2.09. The van der Waals surface area contributed by atoms with E-state index in [4.69, 9.17) is 9.26 Å². The molecule has 0 unspecified atom stereocenters. The first-order valence-electron chi connectivity index (χ1n) is 7.66. The highest BCUT2D eigenvalue weighted by molar-refractivity contribution is 5.65. The second kappa shape index (κ2) is 7.08. The fourth-order valence-corrected chi connectivity index (χ4v) is 2.48. The number of hydrogen-bond donors (Lipinski definition) is 0. The maximum atomic E-state index is 10.8. The molecule has 8 heteroatoms. The third-order valence-corrected chi connectivity index (χ3v) is 3.79. The topological polar surface area (TPSA) is 104 Å². The lowest BCUT2D eigenvalue weighted by atomic mass is 10.1. The van der Waals surface area contributed by atoms with Crippen molar-refractivity contribution in [3.8, 4) is 17.1 Å². The van der Waals surface area contributed by atoms with E-state index in [-0.39, 0.29) is 5.69 Å². The Balaban J connectivity index is 1.76. The molecular formula is C17H16N4O4. The van der Waals surface area contributed by atoms with Gasteiger partial charge in [-0.1, -0.05) is 5.16 Å². The van der Waals surface area contributed by atoms with Gasteiger partial charge in [0.15, 0.2) is 0 Å².